The molecule has 1 atom stereocenters. The van der Waals surface area contributed by atoms with Crippen molar-refractivity contribution in [1.29, 1.82) is 0 Å². The van der Waals surface area contributed by atoms with Gasteiger partial charge in [0.2, 0.25) is 0 Å². The van der Waals surface area contributed by atoms with Gasteiger partial charge in [-0.05, 0) is 55.7 Å². The highest BCUT2D eigenvalue weighted by Gasteiger charge is 2.41. The number of hydrogen-bond donors (Lipinski definition) is 1. The summed E-state index contributed by atoms with van der Waals surface area (Å²) in [7, 11) is 1.60. The van der Waals surface area contributed by atoms with Crippen LogP contribution in [0.4, 0.5) is 4.39 Å². The van der Waals surface area contributed by atoms with Gasteiger partial charge < -0.3 is 15.0 Å². The van der Waals surface area contributed by atoms with Gasteiger partial charge >= 0.3 is 0 Å². The van der Waals surface area contributed by atoms with Gasteiger partial charge in [-0.1, -0.05) is 0 Å². The van der Waals surface area contributed by atoms with Crippen molar-refractivity contribution < 1.29 is 18.7 Å². The number of methoxy groups -OCH3 is 1. The van der Waals surface area contributed by atoms with Gasteiger partial charge in [-0.25, -0.2) is 4.39 Å². The van der Waals surface area contributed by atoms with E-state index in [2.05, 4.69) is 10.3 Å². The molecule has 1 N–H and O–H groups in total. The molecule has 1 aliphatic heterocycles. The summed E-state index contributed by atoms with van der Waals surface area (Å²) in [6, 6.07) is 7.22. The van der Waals surface area contributed by atoms with Crippen molar-refractivity contribution >= 4 is 11.8 Å². The summed E-state index contributed by atoms with van der Waals surface area (Å²) >= 11 is 0. The molecule has 1 unspecified atom stereocenters. The molecule has 1 aliphatic rings. The lowest BCUT2D eigenvalue weighted by Gasteiger charge is -2.30. The second-order valence-electron chi connectivity index (χ2n) is 7.21. The molecule has 148 valence electrons. The van der Waals surface area contributed by atoms with Crippen molar-refractivity contribution in [2.75, 3.05) is 26.8 Å². The van der Waals surface area contributed by atoms with Crippen molar-refractivity contribution in [3.63, 3.8) is 0 Å². The number of benzene rings is 1. The first-order valence-corrected chi connectivity index (χ1v) is 9.20. The van der Waals surface area contributed by atoms with Crippen LogP contribution in [0.15, 0.2) is 42.7 Å². The number of nitrogens with zero attached hydrogens (tertiary/aromatic N) is 2. The van der Waals surface area contributed by atoms with Crippen molar-refractivity contribution in [2.24, 2.45) is 0 Å². The summed E-state index contributed by atoms with van der Waals surface area (Å²) in [5.41, 5.74) is 1.24. The van der Waals surface area contributed by atoms with Crippen LogP contribution in [0, 0.1) is 12.7 Å². The predicted octanol–water partition coefficient (Wildman–Crippen LogP) is 2.58. The first-order chi connectivity index (χ1) is 13.4. The van der Waals surface area contributed by atoms with Gasteiger partial charge in [-0.3, -0.25) is 14.6 Å². The van der Waals surface area contributed by atoms with Gasteiger partial charge in [0.05, 0.1) is 11.1 Å². The van der Waals surface area contributed by atoms with Crippen LogP contribution in [0.3, 0.4) is 0 Å². The summed E-state index contributed by atoms with van der Waals surface area (Å²) in [5.74, 6) is -0.788. The molecule has 6 nitrogen and oxygen atoms in total. The third-order valence-electron chi connectivity index (χ3n) is 5.03. The van der Waals surface area contributed by atoms with Gasteiger partial charge in [0.25, 0.3) is 11.8 Å². The highest BCUT2D eigenvalue weighted by Crippen LogP contribution is 2.27. The van der Waals surface area contributed by atoms with Gasteiger partial charge in [0.15, 0.2) is 0 Å². The van der Waals surface area contributed by atoms with E-state index in [1.54, 1.807) is 24.4 Å². The third-order valence-corrected chi connectivity index (χ3v) is 5.03. The number of aryl methyl sites for hydroxylation is 1. The van der Waals surface area contributed by atoms with Crippen molar-refractivity contribution in [1.82, 2.24) is 15.2 Å². The number of rotatable bonds is 6. The zero-order valence-electron chi connectivity index (χ0n) is 16.1. The lowest BCUT2D eigenvalue weighted by molar-refractivity contribution is 0.0746. The smallest absolute Gasteiger partial charge is 0.255 e. The standard InChI is InChI=1S/C21H24FN3O3/c1-15-11-17(13-23-12-15)20(27)25-9-7-21(14-25,8-10-28-2)24-19(26)16-3-5-18(22)6-4-16/h3-6,11-13H,7-10,14H2,1-2H3,(H,24,26). The number of pyridine rings is 1. The Morgan fingerprint density at radius 2 is 2.00 bits per heavy atom. The Kier molecular flexibility index (Phi) is 6.04. The van der Waals surface area contributed by atoms with E-state index in [-0.39, 0.29) is 11.8 Å². The van der Waals surface area contributed by atoms with Crippen molar-refractivity contribution in [3.8, 4) is 0 Å². The molecule has 0 spiro atoms. The molecule has 3 rings (SSSR count). The van der Waals surface area contributed by atoms with Crippen LogP contribution in [-0.2, 0) is 4.74 Å². The van der Waals surface area contributed by atoms with Crippen molar-refractivity contribution in [2.45, 2.75) is 25.3 Å². The molecule has 2 heterocycles. The molecular weight excluding hydrogens is 361 g/mol. The number of carbonyl (C=O) groups is 2. The fourth-order valence-electron chi connectivity index (χ4n) is 3.48. The van der Waals surface area contributed by atoms with E-state index in [1.165, 1.54) is 24.3 Å². The average molecular weight is 385 g/mol. The number of hydrogen-bond acceptors (Lipinski definition) is 4. The molecule has 1 saturated heterocycles. The van der Waals surface area contributed by atoms with E-state index in [0.29, 0.717) is 43.7 Å². The maximum atomic E-state index is 13.1. The lowest BCUT2D eigenvalue weighted by Crippen LogP contribution is -2.51. The predicted molar refractivity (Wildman–Crippen MR) is 103 cm³/mol. The largest absolute Gasteiger partial charge is 0.385 e. The highest BCUT2D eigenvalue weighted by molar-refractivity contribution is 5.96. The molecule has 1 fully saturated rings. The normalized spacial score (nSPS) is 18.9. The SMILES string of the molecule is COCCC1(NC(=O)c2ccc(F)cc2)CCN(C(=O)c2cncc(C)c2)C1. The maximum absolute atomic E-state index is 13.1. The molecule has 2 aromatic rings. The summed E-state index contributed by atoms with van der Waals surface area (Å²) in [5, 5.41) is 3.06. The van der Waals surface area contributed by atoms with Crippen molar-refractivity contribution in [3.05, 3.63) is 65.2 Å². The number of amides is 2. The summed E-state index contributed by atoms with van der Waals surface area (Å²) < 4.78 is 18.3. The van der Waals surface area contributed by atoms with Crippen LogP contribution in [0.5, 0.6) is 0 Å². The Hall–Kier alpha value is -2.80. The molecular formula is C21H24FN3O3. The minimum absolute atomic E-state index is 0.105. The lowest BCUT2D eigenvalue weighted by atomic mass is 9.93. The van der Waals surface area contributed by atoms with Crippen LogP contribution in [0.1, 0.15) is 39.1 Å². The Morgan fingerprint density at radius 3 is 2.68 bits per heavy atom. The second kappa shape index (κ2) is 8.48. The number of aromatic nitrogens is 1. The van der Waals surface area contributed by atoms with E-state index in [1.807, 2.05) is 13.0 Å². The van der Waals surface area contributed by atoms with Crippen LogP contribution in [0.2, 0.25) is 0 Å². The van der Waals surface area contributed by atoms with Crippen LogP contribution in [0.25, 0.3) is 0 Å². The quantitative estimate of drug-likeness (QED) is 0.830. The number of carbonyl (C=O) groups excluding carboxylic acids is 2. The van der Waals surface area contributed by atoms with Gasteiger partial charge in [-0.2, -0.15) is 0 Å². The van der Waals surface area contributed by atoms with Gasteiger partial charge in [0, 0.05) is 44.8 Å². The second-order valence-corrected chi connectivity index (χ2v) is 7.21. The minimum Gasteiger partial charge on any atom is -0.385 e. The van der Waals surface area contributed by atoms with E-state index in [0.717, 1.165) is 5.56 Å². The summed E-state index contributed by atoms with van der Waals surface area (Å²) in [6.07, 6.45) is 4.45. The average Bonchev–Trinajstić information content (AvgIpc) is 3.10. The fourth-order valence-corrected chi connectivity index (χ4v) is 3.48. The monoisotopic (exact) mass is 385 g/mol. The molecule has 1 aromatic carbocycles. The van der Waals surface area contributed by atoms with E-state index >= 15 is 0 Å². The molecule has 0 aliphatic carbocycles. The van der Waals surface area contributed by atoms with Crippen LogP contribution in [-0.4, -0.2) is 54.0 Å². The van der Waals surface area contributed by atoms with Gasteiger partial charge in [-0.15, -0.1) is 0 Å². The van der Waals surface area contributed by atoms with Crippen LogP contribution < -0.4 is 5.32 Å². The third kappa shape index (κ3) is 4.54. The summed E-state index contributed by atoms with van der Waals surface area (Å²) in [4.78, 5) is 31.4. The molecule has 0 bridgehead atoms. The molecule has 28 heavy (non-hydrogen) atoms. The number of halogens is 1. The zero-order valence-corrected chi connectivity index (χ0v) is 16.1. The molecule has 7 heteroatoms. The topological polar surface area (TPSA) is 71.5 Å². The highest BCUT2D eigenvalue weighted by atomic mass is 19.1. The number of likely N-dealkylation sites (tertiary alicyclic amines) is 1. The Bertz CT molecular complexity index is 856. The molecule has 0 radical (unpaired) electrons. The van der Waals surface area contributed by atoms with E-state index in [4.69, 9.17) is 4.74 Å². The van der Waals surface area contributed by atoms with Gasteiger partial charge in [0.1, 0.15) is 5.82 Å². The Morgan fingerprint density at radius 1 is 1.25 bits per heavy atom. The van der Waals surface area contributed by atoms with E-state index in [9.17, 15) is 14.0 Å². The Labute approximate surface area is 163 Å². The number of nitrogens with one attached hydrogen (secondary N) is 1. The first-order valence-electron chi connectivity index (χ1n) is 9.20. The van der Waals surface area contributed by atoms with E-state index < -0.39 is 11.4 Å². The molecule has 0 saturated carbocycles. The molecule has 2 amide bonds. The first kappa shape index (κ1) is 19.9. The zero-order chi connectivity index (χ0) is 20.1. The fraction of sp³-hybridized carbons (Fsp3) is 0.381. The number of ether oxygens (including phenoxy) is 1. The Balaban J connectivity index is 1.75. The minimum atomic E-state index is -0.589. The summed E-state index contributed by atoms with van der Waals surface area (Å²) in [6.45, 7) is 3.26. The van der Waals surface area contributed by atoms with Crippen LogP contribution >= 0.6 is 0 Å². The maximum Gasteiger partial charge on any atom is 0.255 e. The molecule has 1 aromatic heterocycles.